The molecule has 0 aromatic carbocycles. The van der Waals surface area contributed by atoms with Gasteiger partial charge in [0, 0.05) is 22.9 Å². The second-order valence-electron chi connectivity index (χ2n) is 8.07. The smallest absolute Gasteiger partial charge is 0.150 e. The fraction of sp³-hybridized carbons (Fsp3) is 0.556. The molecule has 0 atom stereocenters. The maximum absolute atomic E-state index is 12.2. The van der Waals surface area contributed by atoms with Crippen LogP contribution in [0.15, 0.2) is 18.5 Å². The van der Waals surface area contributed by atoms with E-state index in [1.165, 1.54) is 0 Å². The zero-order valence-electron chi connectivity index (χ0n) is 14.5. The molecule has 0 saturated heterocycles. The van der Waals surface area contributed by atoms with Crippen LogP contribution < -0.4 is 0 Å². The van der Waals surface area contributed by atoms with Gasteiger partial charge in [0.05, 0.1) is 17.5 Å². The predicted octanol–water partition coefficient (Wildman–Crippen LogP) is 2.93. The van der Waals surface area contributed by atoms with E-state index in [-0.39, 0.29) is 11.0 Å². The summed E-state index contributed by atoms with van der Waals surface area (Å²) in [6, 6.07) is 2.05. The normalized spacial score (nSPS) is 28.2. The largest absolute Gasteiger partial charge is 0.346 e. The van der Waals surface area contributed by atoms with E-state index in [1.54, 1.807) is 0 Å². The number of aromatic amines is 1. The number of rotatable bonds is 5. The highest BCUT2D eigenvalue weighted by Gasteiger charge is 2.70. The minimum absolute atomic E-state index is 0.00132. The summed E-state index contributed by atoms with van der Waals surface area (Å²) in [5.74, 6) is 1.66. The zero-order chi connectivity index (χ0) is 17.4. The first-order chi connectivity index (χ1) is 11.9. The average molecular weight is 358 g/mol. The molecule has 0 unspecified atom stereocenters. The molecule has 132 valence electrons. The average Bonchev–Trinajstić information content (AvgIpc) is 3.04. The van der Waals surface area contributed by atoms with Crippen molar-refractivity contribution in [3.05, 3.63) is 24.3 Å². The molecule has 3 saturated carbocycles. The Kier molecular flexibility index (Phi) is 2.85. The Hall–Kier alpha value is -1.89. The third-order valence-electron chi connectivity index (χ3n) is 6.00. The lowest BCUT2D eigenvalue weighted by Gasteiger charge is -2.71. The number of hydrogen-bond acceptors (Lipinski definition) is 4. The maximum Gasteiger partial charge on any atom is 0.150 e. The van der Waals surface area contributed by atoms with Crippen LogP contribution in [0, 0.1) is 12.3 Å². The van der Waals surface area contributed by atoms with Crippen molar-refractivity contribution in [2.75, 3.05) is 11.5 Å². The zero-order valence-corrected chi connectivity index (χ0v) is 15.4. The van der Waals surface area contributed by atoms with Crippen LogP contribution in [-0.2, 0) is 15.4 Å². The van der Waals surface area contributed by atoms with Crippen molar-refractivity contribution in [2.24, 2.45) is 5.41 Å². The van der Waals surface area contributed by atoms with E-state index in [4.69, 9.17) is 4.98 Å². The van der Waals surface area contributed by atoms with Crippen molar-refractivity contribution < 1.29 is 8.42 Å². The van der Waals surface area contributed by atoms with Gasteiger partial charge >= 0.3 is 0 Å². The van der Waals surface area contributed by atoms with Crippen molar-refractivity contribution >= 4 is 31.9 Å². The van der Waals surface area contributed by atoms with Gasteiger partial charge in [-0.25, -0.2) is 18.4 Å². The van der Waals surface area contributed by atoms with Gasteiger partial charge in [-0.05, 0) is 44.1 Å². The van der Waals surface area contributed by atoms with E-state index < -0.39 is 9.84 Å². The first-order valence-corrected chi connectivity index (χ1v) is 10.7. The highest BCUT2D eigenvalue weighted by molar-refractivity contribution is 7.91. The summed E-state index contributed by atoms with van der Waals surface area (Å²) < 4.78 is 26.8. The highest BCUT2D eigenvalue weighted by Crippen LogP contribution is 2.72. The van der Waals surface area contributed by atoms with Crippen LogP contribution in [0.4, 0.5) is 0 Å². The molecule has 3 fully saturated rings. The number of aromatic nitrogens is 4. The lowest BCUT2D eigenvalue weighted by atomic mass is 9.40. The van der Waals surface area contributed by atoms with Gasteiger partial charge in [-0.3, -0.25) is 0 Å². The Morgan fingerprint density at radius 3 is 2.80 bits per heavy atom. The Morgan fingerprint density at radius 2 is 2.08 bits per heavy atom. The van der Waals surface area contributed by atoms with Crippen LogP contribution in [0.3, 0.4) is 0 Å². The van der Waals surface area contributed by atoms with Gasteiger partial charge in [-0.1, -0.05) is 6.92 Å². The van der Waals surface area contributed by atoms with Gasteiger partial charge in [-0.15, -0.1) is 0 Å². The van der Waals surface area contributed by atoms with Crippen LogP contribution in [0.2, 0.25) is 0 Å². The number of sulfone groups is 1. The fourth-order valence-corrected chi connectivity index (χ4v) is 7.45. The number of nitrogens with zero attached hydrogens (tertiary/aromatic N) is 3. The SMILES string of the molecule is CCCS(=O)(=O)CC12CC(n3c(C)nc4cnc5[nH]ccc5c43)(C1)C2. The van der Waals surface area contributed by atoms with Crippen molar-refractivity contribution in [3.8, 4) is 0 Å². The molecule has 7 heteroatoms. The van der Waals surface area contributed by atoms with E-state index in [0.717, 1.165) is 47.2 Å². The number of nitrogens with one attached hydrogen (secondary N) is 1. The third kappa shape index (κ3) is 1.99. The van der Waals surface area contributed by atoms with Crippen molar-refractivity contribution in [2.45, 2.75) is 45.1 Å². The minimum Gasteiger partial charge on any atom is -0.346 e. The second-order valence-corrected chi connectivity index (χ2v) is 10.3. The number of pyridine rings is 1. The van der Waals surface area contributed by atoms with Crippen LogP contribution in [0.25, 0.3) is 22.1 Å². The molecule has 3 heterocycles. The molecular weight excluding hydrogens is 336 g/mol. The molecule has 6 nitrogen and oxygen atoms in total. The first kappa shape index (κ1) is 15.4. The van der Waals surface area contributed by atoms with Crippen molar-refractivity contribution in [3.63, 3.8) is 0 Å². The van der Waals surface area contributed by atoms with Crippen LogP contribution in [0.1, 0.15) is 38.4 Å². The summed E-state index contributed by atoms with van der Waals surface area (Å²) in [4.78, 5) is 12.3. The number of imidazole rings is 1. The van der Waals surface area contributed by atoms with Crippen LogP contribution in [-0.4, -0.2) is 39.4 Å². The van der Waals surface area contributed by atoms with E-state index >= 15 is 0 Å². The Balaban J connectivity index is 1.53. The molecule has 1 N–H and O–H groups in total. The lowest BCUT2D eigenvalue weighted by Crippen LogP contribution is -2.69. The summed E-state index contributed by atoms with van der Waals surface area (Å²) in [6.45, 7) is 3.97. The molecule has 0 radical (unpaired) electrons. The summed E-state index contributed by atoms with van der Waals surface area (Å²) in [7, 11) is -2.93. The number of H-pyrrole nitrogens is 1. The summed E-state index contributed by atoms with van der Waals surface area (Å²) in [5, 5.41) is 1.09. The third-order valence-corrected chi connectivity index (χ3v) is 8.08. The predicted molar refractivity (Wildman–Crippen MR) is 97.3 cm³/mol. The van der Waals surface area contributed by atoms with Gasteiger partial charge in [0.25, 0.3) is 0 Å². The van der Waals surface area contributed by atoms with Crippen LogP contribution in [0.5, 0.6) is 0 Å². The molecular formula is C18H22N4O2S. The molecule has 0 aliphatic heterocycles. The van der Waals surface area contributed by atoms with Crippen molar-refractivity contribution in [1.29, 1.82) is 0 Å². The van der Waals surface area contributed by atoms with Gasteiger partial charge in [0.1, 0.15) is 17.0 Å². The topological polar surface area (TPSA) is 80.6 Å². The molecule has 3 aliphatic rings. The number of hydrogen-bond donors (Lipinski definition) is 1. The minimum atomic E-state index is -2.93. The molecule has 2 bridgehead atoms. The monoisotopic (exact) mass is 358 g/mol. The standard InChI is InChI=1S/C18H22N4O2S/c1-3-6-25(23,24)11-17-8-18(9-17,10-17)22-12(2)21-14-7-20-16-13(15(14)22)4-5-19-16/h4-5,7H,3,6,8-11H2,1-2H3,(H,19,20). The van der Waals surface area contributed by atoms with Gasteiger partial charge < -0.3 is 9.55 Å². The van der Waals surface area contributed by atoms with Crippen molar-refractivity contribution in [1.82, 2.24) is 19.5 Å². The molecule has 3 aromatic rings. The second kappa shape index (κ2) is 4.63. The first-order valence-electron chi connectivity index (χ1n) is 8.89. The van der Waals surface area contributed by atoms with Gasteiger partial charge in [0.15, 0.2) is 9.84 Å². The molecule has 0 spiro atoms. The summed E-state index contributed by atoms with van der Waals surface area (Å²) >= 11 is 0. The molecule has 25 heavy (non-hydrogen) atoms. The lowest BCUT2D eigenvalue weighted by molar-refractivity contribution is -0.169. The van der Waals surface area contributed by atoms with E-state index in [2.05, 4.69) is 20.6 Å². The Bertz CT molecular complexity index is 1090. The summed E-state index contributed by atoms with van der Waals surface area (Å²) in [6.07, 6.45) is 7.28. The number of aryl methyl sites for hydroxylation is 1. The van der Waals surface area contributed by atoms with Crippen LogP contribution >= 0.6 is 0 Å². The fourth-order valence-electron chi connectivity index (χ4n) is 5.45. The molecule has 6 rings (SSSR count). The van der Waals surface area contributed by atoms with E-state index in [0.29, 0.717) is 17.9 Å². The Morgan fingerprint density at radius 1 is 1.32 bits per heavy atom. The summed E-state index contributed by atoms with van der Waals surface area (Å²) in [5.41, 5.74) is 2.98. The quantitative estimate of drug-likeness (QED) is 0.760. The van der Waals surface area contributed by atoms with Gasteiger partial charge in [-0.2, -0.15) is 0 Å². The molecule has 3 aromatic heterocycles. The molecule has 0 amide bonds. The Labute approximate surface area is 146 Å². The molecule has 3 aliphatic carbocycles. The number of fused-ring (bicyclic) bond motifs is 3. The van der Waals surface area contributed by atoms with E-state index in [1.807, 2.05) is 26.2 Å². The van der Waals surface area contributed by atoms with E-state index in [9.17, 15) is 8.42 Å². The highest BCUT2D eigenvalue weighted by atomic mass is 32.2. The maximum atomic E-state index is 12.2. The van der Waals surface area contributed by atoms with Gasteiger partial charge in [0.2, 0.25) is 0 Å².